The number of phenols is 1. The highest BCUT2D eigenvalue weighted by molar-refractivity contribution is 6.17. The van der Waals surface area contributed by atoms with E-state index < -0.39 is 0 Å². The third kappa shape index (κ3) is 1.29. The maximum atomic E-state index is 9.63. The number of halogens is 1. The monoisotopic (exact) mass is 182 g/mol. The molecule has 2 rings (SSSR count). The van der Waals surface area contributed by atoms with Crippen LogP contribution in [0, 0.1) is 0 Å². The molecule has 1 aliphatic carbocycles. The number of hydrogen-bond donors (Lipinski definition) is 1. The van der Waals surface area contributed by atoms with Crippen molar-refractivity contribution in [1.29, 1.82) is 0 Å². The van der Waals surface area contributed by atoms with Gasteiger partial charge in [-0.1, -0.05) is 12.1 Å². The number of aromatic hydroxyl groups is 1. The third-order valence-corrected chi connectivity index (χ3v) is 2.55. The summed E-state index contributed by atoms with van der Waals surface area (Å²) in [7, 11) is 0. The summed E-state index contributed by atoms with van der Waals surface area (Å²) in [4.78, 5) is 0. The van der Waals surface area contributed by atoms with Crippen molar-refractivity contribution in [2.45, 2.75) is 19.3 Å². The molecule has 0 heterocycles. The van der Waals surface area contributed by atoms with Gasteiger partial charge in [0.05, 0.1) is 0 Å². The Hall–Kier alpha value is -0.690. The molecular formula is C10H11ClO. The van der Waals surface area contributed by atoms with E-state index in [0.717, 1.165) is 30.4 Å². The Morgan fingerprint density at radius 3 is 3.00 bits per heavy atom. The number of phenolic OH excluding ortho intramolecular Hbond substituents is 1. The highest BCUT2D eigenvalue weighted by Crippen LogP contribution is 2.38. The van der Waals surface area contributed by atoms with Crippen LogP contribution in [0.25, 0.3) is 0 Å². The van der Waals surface area contributed by atoms with Gasteiger partial charge in [-0.15, -0.1) is 11.6 Å². The molecule has 1 nitrogen and oxygen atoms in total. The first-order valence-electron chi connectivity index (χ1n) is 4.21. The van der Waals surface area contributed by atoms with Crippen LogP contribution in [0.2, 0.25) is 0 Å². The van der Waals surface area contributed by atoms with Gasteiger partial charge in [-0.2, -0.15) is 0 Å². The van der Waals surface area contributed by atoms with E-state index >= 15 is 0 Å². The first kappa shape index (κ1) is 7.93. The van der Waals surface area contributed by atoms with Crippen LogP contribution in [-0.4, -0.2) is 11.0 Å². The summed E-state index contributed by atoms with van der Waals surface area (Å²) >= 11 is 5.57. The van der Waals surface area contributed by atoms with Gasteiger partial charge >= 0.3 is 0 Å². The van der Waals surface area contributed by atoms with Crippen molar-refractivity contribution >= 4 is 11.6 Å². The summed E-state index contributed by atoms with van der Waals surface area (Å²) in [6.07, 6.45) is 2.81. The third-order valence-electron chi connectivity index (χ3n) is 2.29. The van der Waals surface area contributed by atoms with E-state index in [1.165, 1.54) is 5.56 Å². The fourth-order valence-electron chi connectivity index (χ4n) is 1.47. The summed E-state index contributed by atoms with van der Waals surface area (Å²) in [6, 6.07) is 4.10. The maximum Gasteiger partial charge on any atom is 0.122 e. The van der Waals surface area contributed by atoms with Crippen LogP contribution >= 0.6 is 11.6 Å². The number of benzene rings is 1. The fraction of sp³-hybridized carbons (Fsp3) is 0.400. The van der Waals surface area contributed by atoms with Crippen LogP contribution in [0.4, 0.5) is 0 Å². The zero-order valence-corrected chi connectivity index (χ0v) is 7.56. The number of rotatable bonds is 3. The SMILES string of the molecule is Oc1c(CCCCl)ccc2c1C2. The molecule has 0 amide bonds. The lowest BCUT2D eigenvalue weighted by molar-refractivity contribution is 0.466. The number of hydrogen-bond acceptors (Lipinski definition) is 1. The maximum absolute atomic E-state index is 9.63. The van der Waals surface area contributed by atoms with Crippen LogP contribution < -0.4 is 0 Å². The van der Waals surface area contributed by atoms with Crippen LogP contribution in [0.15, 0.2) is 12.1 Å². The zero-order chi connectivity index (χ0) is 8.55. The summed E-state index contributed by atoms with van der Waals surface area (Å²) in [6.45, 7) is 0. The molecule has 1 N–H and O–H groups in total. The van der Waals surface area contributed by atoms with E-state index in [9.17, 15) is 5.11 Å². The Morgan fingerprint density at radius 2 is 2.25 bits per heavy atom. The van der Waals surface area contributed by atoms with E-state index in [-0.39, 0.29) is 0 Å². The molecule has 0 spiro atoms. The molecule has 1 aromatic rings. The Labute approximate surface area is 77.0 Å². The van der Waals surface area contributed by atoms with Gasteiger partial charge in [0.25, 0.3) is 0 Å². The Kier molecular flexibility index (Phi) is 1.97. The molecule has 0 saturated carbocycles. The number of aryl methyl sites for hydroxylation is 1. The van der Waals surface area contributed by atoms with Gasteiger partial charge < -0.3 is 5.11 Å². The van der Waals surface area contributed by atoms with Crippen molar-refractivity contribution in [3.8, 4) is 5.75 Å². The fourth-order valence-corrected chi connectivity index (χ4v) is 1.61. The lowest BCUT2D eigenvalue weighted by Gasteiger charge is -2.00. The molecule has 0 atom stereocenters. The van der Waals surface area contributed by atoms with Crippen molar-refractivity contribution in [2.24, 2.45) is 0 Å². The first-order chi connectivity index (χ1) is 5.83. The quantitative estimate of drug-likeness (QED) is 0.724. The van der Waals surface area contributed by atoms with Crippen LogP contribution in [0.1, 0.15) is 23.1 Å². The molecule has 1 aromatic carbocycles. The highest BCUT2D eigenvalue weighted by atomic mass is 35.5. The van der Waals surface area contributed by atoms with Crippen LogP contribution in [0.5, 0.6) is 5.75 Å². The molecule has 0 aliphatic heterocycles. The number of fused-ring (bicyclic) bond motifs is 1. The van der Waals surface area contributed by atoms with Gasteiger partial charge in [-0.3, -0.25) is 0 Å². The van der Waals surface area contributed by atoms with Crippen LogP contribution in [0.3, 0.4) is 0 Å². The van der Waals surface area contributed by atoms with Crippen LogP contribution in [-0.2, 0) is 12.8 Å². The second-order valence-electron chi connectivity index (χ2n) is 3.18. The molecule has 2 heteroatoms. The van der Waals surface area contributed by atoms with Gasteiger partial charge in [0.2, 0.25) is 0 Å². The topological polar surface area (TPSA) is 20.2 Å². The minimum Gasteiger partial charge on any atom is -0.507 e. The Balaban J connectivity index is 2.17. The summed E-state index contributed by atoms with van der Waals surface area (Å²) < 4.78 is 0. The molecule has 64 valence electrons. The van der Waals surface area contributed by atoms with E-state index in [2.05, 4.69) is 6.07 Å². The van der Waals surface area contributed by atoms with E-state index in [1.54, 1.807) is 0 Å². The zero-order valence-electron chi connectivity index (χ0n) is 6.81. The van der Waals surface area contributed by atoms with Crippen molar-refractivity contribution in [3.63, 3.8) is 0 Å². The minimum atomic E-state index is 0.512. The molecular weight excluding hydrogens is 172 g/mol. The van der Waals surface area contributed by atoms with Gasteiger partial charge in [0.15, 0.2) is 0 Å². The predicted molar refractivity (Wildman–Crippen MR) is 50.0 cm³/mol. The highest BCUT2D eigenvalue weighted by Gasteiger charge is 2.22. The summed E-state index contributed by atoms with van der Waals surface area (Å²) in [5.41, 5.74) is 3.48. The molecule has 0 bridgehead atoms. The summed E-state index contributed by atoms with van der Waals surface area (Å²) in [5, 5.41) is 9.63. The predicted octanol–water partition coefficient (Wildman–Crippen LogP) is 2.47. The molecule has 0 saturated heterocycles. The molecule has 0 radical (unpaired) electrons. The van der Waals surface area contributed by atoms with Crippen molar-refractivity contribution in [1.82, 2.24) is 0 Å². The normalized spacial score (nSPS) is 12.8. The minimum absolute atomic E-state index is 0.512. The lowest BCUT2D eigenvalue weighted by atomic mass is 10.1. The molecule has 0 fully saturated rings. The Morgan fingerprint density at radius 1 is 1.42 bits per heavy atom. The largest absolute Gasteiger partial charge is 0.507 e. The second kappa shape index (κ2) is 2.98. The van der Waals surface area contributed by atoms with Gasteiger partial charge in [-0.05, 0) is 24.0 Å². The van der Waals surface area contributed by atoms with Crippen molar-refractivity contribution in [3.05, 3.63) is 28.8 Å². The van der Waals surface area contributed by atoms with E-state index in [0.29, 0.717) is 11.6 Å². The van der Waals surface area contributed by atoms with Gasteiger partial charge in [-0.25, -0.2) is 0 Å². The molecule has 1 aliphatic rings. The standard InChI is InChI=1S/C10H11ClO/c11-5-1-2-7-3-4-8-6-9(8)10(7)12/h3-4,12H,1-2,5-6H2. The van der Waals surface area contributed by atoms with E-state index in [1.807, 2.05) is 6.07 Å². The molecule has 0 unspecified atom stereocenters. The van der Waals surface area contributed by atoms with Crippen molar-refractivity contribution < 1.29 is 5.11 Å². The second-order valence-corrected chi connectivity index (χ2v) is 3.56. The molecule has 12 heavy (non-hydrogen) atoms. The van der Waals surface area contributed by atoms with Gasteiger partial charge in [0.1, 0.15) is 5.75 Å². The average Bonchev–Trinajstić information content (AvgIpc) is 2.83. The average molecular weight is 183 g/mol. The first-order valence-corrected chi connectivity index (χ1v) is 4.75. The van der Waals surface area contributed by atoms with E-state index in [4.69, 9.17) is 11.6 Å². The lowest BCUT2D eigenvalue weighted by Crippen LogP contribution is -1.86. The number of alkyl halides is 1. The molecule has 0 aromatic heterocycles. The van der Waals surface area contributed by atoms with Crippen molar-refractivity contribution in [2.75, 3.05) is 5.88 Å². The summed E-state index contributed by atoms with van der Waals surface area (Å²) in [5.74, 6) is 1.17. The smallest absolute Gasteiger partial charge is 0.122 e. The Bertz CT molecular complexity index is 307. The van der Waals surface area contributed by atoms with Gasteiger partial charge in [0, 0.05) is 17.9 Å².